The Kier molecular flexibility index (Phi) is 3.92. The molecule has 14 heavy (non-hydrogen) atoms. The lowest BCUT2D eigenvalue weighted by atomic mass is 9.98. The summed E-state index contributed by atoms with van der Waals surface area (Å²) in [5.41, 5.74) is 0. The standard InChI is InChI=1S/C10H19N3O/c1-4-8(14)9(7(2)3)13-10-11-5-6-12-10/h7,9H,4-6H2,1-3H3,(H2,11,12,13). The maximum atomic E-state index is 11.6. The minimum absolute atomic E-state index is 0.107. The van der Waals surface area contributed by atoms with Crippen LogP contribution in [-0.4, -0.2) is 30.9 Å². The van der Waals surface area contributed by atoms with Crippen LogP contribution in [0.1, 0.15) is 27.2 Å². The molecule has 0 aromatic rings. The fraction of sp³-hybridized carbons (Fsp3) is 0.800. The SMILES string of the molecule is CCC(=O)C(NC1=NCCN1)C(C)C. The Hall–Kier alpha value is -1.06. The van der Waals surface area contributed by atoms with Gasteiger partial charge in [-0.3, -0.25) is 9.79 Å². The molecule has 0 radical (unpaired) electrons. The average molecular weight is 197 g/mol. The molecular formula is C10H19N3O. The topological polar surface area (TPSA) is 53.5 Å². The summed E-state index contributed by atoms with van der Waals surface area (Å²) >= 11 is 0. The molecule has 1 rings (SSSR count). The van der Waals surface area contributed by atoms with Crippen LogP contribution in [0.3, 0.4) is 0 Å². The highest BCUT2D eigenvalue weighted by atomic mass is 16.1. The monoisotopic (exact) mass is 197 g/mol. The molecule has 2 N–H and O–H groups in total. The van der Waals surface area contributed by atoms with Gasteiger partial charge in [0.2, 0.25) is 0 Å². The number of nitrogens with one attached hydrogen (secondary N) is 2. The highest BCUT2D eigenvalue weighted by Crippen LogP contribution is 2.05. The summed E-state index contributed by atoms with van der Waals surface area (Å²) in [5.74, 6) is 1.31. The van der Waals surface area contributed by atoms with E-state index in [0.717, 1.165) is 19.0 Å². The number of guanidine groups is 1. The van der Waals surface area contributed by atoms with Gasteiger partial charge >= 0.3 is 0 Å². The quantitative estimate of drug-likeness (QED) is 0.691. The minimum atomic E-state index is -0.107. The smallest absolute Gasteiger partial charge is 0.191 e. The third-order valence-electron chi connectivity index (χ3n) is 2.33. The minimum Gasteiger partial charge on any atom is -0.355 e. The van der Waals surface area contributed by atoms with Crippen LogP contribution in [0.25, 0.3) is 0 Å². The Labute approximate surface area is 85.2 Å². The van der Waals surface area contributed by atoms with E-state index < -0.39 is 0 Å². The molecule has 0 bridgehead atoms. The highest BCUT2D eigenvalue weighted by Gasteiger charge is 2.22. The zero-order valence-electron chi connectivity index (χ0n) is 9.13. The largest absolute Gasteiger partial charge is 0.355 e. The Morgan fingerprint density at radius 2 is 2.36 bits per heavy atom. The van der Waals surface area contributed by atoms with Gasteiger partial charge in [-0.25, -0.2) is 0 Å². The number of Topliss-reactive ketones (excluding diaryl/α,β-unsaturated/α-hetero) is 1. The molecule has 0 fully saturated rings. The number of hydrogen-bond donors (Lipinski definition) is 2. The first-order chi connectivity index (χ1) is 6.65. The molecule has 0 saturated heterocycles. The molecule has 1 unspecified atom stereocenters. The van der Waals surface area contributed by atoms with E-state index in [0.29, 0.717) is 12.3 Å². The molecule has 1 aliphatic heterocycles. The van der Waals surface area contributed by atoms with E-state index >= 15 is 0 Å². The van der Waals surface area contributed by atoms with Crippen molar-refractivity contribution in [3.8, 4) is 0 Å². The lowest BCUT2D eigenvalue weighted by Crippen LogP contribution is -2.47. The van der Waals surface area contributed by atoms with Gasteiger partial charge in [0, 0.05) is 13.0 Å². The van der Waals surface area contributed by atoms with Crippen LogP contribution in [-0.2, 0) is 4.79 Å². The Balaban J connectivity index is 2.54. The van der Waals surface area contributed by atoms with Gasteiger partial charge in [0.1, 0.15) is 0 Å². The number of carbonyl (C=O) groups is 1. The molecule has 4 heteroatoms. The molecule has 1 aliphatic rings. The first-order valence-corrected chi connectivity index (χ1v) is 5.22. The normalized spacial score (nSPS) is 17.6. The van der Waals surface area contributed by atoms with Crippen molar-refractivity contribution < 1.29 is 4.79 Å². The number of ketones is 1. The molecule has 4 nitrogen and oxygen atoms in total. The van der Waals surface area contributed by atoms with Gasteiger partial charge in [-0.2, -0.15) is 0 Å². The molecule has 0 aromatic heterocycles. The van der Waals surface area contributed by atoms with Crippen LogP contribution in [0.2, 0.25) is 0 Å². The number of nitrogens with zero attached hydrogens (tertiary/aromatic N) is 1. The summed E-state index contributed by atoms with van der Waals surface area (Å²) in [6.45, 7) is 7.64. The van der Waals surface area contributed by atoms with Crippen molar-refractivity contribution in [2.75, 3.05) is 13.1 Å². The number of hydrogen-bond acceptors (Lipinski definition) is 4. The second kappa shape index (κ2) is 4.98. The lowest BCUT2D eigenvalue weighted by molar-refractivity contribution is -0.121. The molecule has 0 saturated carbocycles. The van der Waals surface area contributed by atoms with Gasteiger partial charge in [-0.05, 0) is 5.92 Å². The molecule has 0 aliphatic carbocycles. The first-order valence-electron chi connectivity index (χ1n) is 5.22. The number of aliphatic imine (C=N–C) groups is 1. The van der Waals surface area contributed by atoms with Crippen LogP contribution in [0.5, 0.6) is 0 Å². The summed E-state index contributed by atoms with van der Waals surface area (Å²) in [5, 5.41) is 6.26. The second-order valence-electron chi connectivity index (χ2n) is 3.84. The van der Waals surface area contributed by atoms with E-state index in [1.165, 1.54) is 0 Å². The van der Waals surface area contributed by atoms with E-state index in [1.54, 1.807) is 0 Å². The molecular weight excluding hydrogens is 178 g/mol. The van der Waals surface area contributed by atoms with Crippen LogP contribution < -0.4 is 10.6 Å². The Morgan fingerprint density at radius 3 is 2.79 bits per heavy atom. The van der Waals surface area contributed by atoms with Crippen molar-refractivity contribution >= 4 is 11.7 Å². The van der Waals surface area contributed by atoms with Gasteiger partial charge in [0.25, 0.3) is 0 Å². The highest BCUT2D eigenvalue weighted by molar-refractivity contribution is 5.90. The van der Waals surface area contributed by atoms with Gasteiger partial charge in [-0.15, -0.1) is 0 Å². The van der Waals surface area contributed by atoms with Gasteiger partial charge in [0.05, 0.1) is 12.6 Å². The van der Waals surface area contributed by atoms with Crippen molar-refractivity contribution in [2.24, 2.45) is 10.9 Å². The molecule has 0 amide bonds. The Morgan fingerprint density at radius 1 is 1.64 bits per heavy atom. The zero-order chi connectivity index (χ0) is 10.6. The first kappa shape index (κ1) is 11.0. The van der Waals surface area contributed by atoms with Gasteiger partial charge in [0.15, 0.2) is 11.7 Å². The maximum Gasteiger partial charge on any atom is 0.191 e. The van der Waals surface area contributed by atoms with Gasteiger partial charge in [-0.1, -0.05) is 20.8 Å². The third-order valence-corrected chi connectivity index (χ3v) is 2.33. The lowest BCUT2D eigenvalue weighted by Gasteiger charge is -2.21. The van der Waals surface area contributed by atoms with Crippen molar-refractivity contribution in [1.29, 1.82) is 0 Å². The van der Waals surface area contributed by atoms with Crippen LogP contribution >= 0.6 is 0 Å². The van der Waals surface area contributed by atoms with Crippen LogP contribution in [0.4, 0.5) is 0 Å². The Bertz CT molecular complexity index is 236. The van der Waals surface area contributed by atoms with Crippen LogP contribution in [0.15, 0.2) is 4.99 Å². The summed E-state index contributed by atoms with van der Waals surface area (Å²) < 4.78 is 0. The van der Waals surface area contributed by atoms with Crippen LogP contribution in [0, 0.1) is 5.92 Å². The van der Waals surface area contributed by atoms with Crippen molar-refractivity contribution in [3.63, 3.8) is 0 Å². The molecule has 1 heterocycles. The van der Waals surface area contributed by atoms with Crippen molar-refractivity contribution in [1.82, 2.24) is 10.6 Å². The fourth-order valence-corrected chi connectivity index (χ4v) is 1.48. The summed E-state index contributed by atoms with van der Waals surface area (Å²) in [6.07, 6.45) is 0.573. The average Bonchev–Trinajstić information content (AvgIpc) is 2.65. The summed E-state index contributed by atoms with van der Waals surface area (Å²) in [7, 11) is 0. The predicted octanol–water partition coefficient (Wildman–Crippen LogP) is 0.539. The van der Waals surface area contributed by atoms with E-state index in [4.69, 9.17) is 0 Å². The molecule has 0 spiro atoms. The van der Waals surface area contributed by atoms with Crippen molar-refractivity contribution in [2.45, 2.75) is 33.2 Å². The number of rotatable bonds is 4. The van der Waals surface area contributed by atoms with Gasteiger partial charge < -0.3 is 10.6 Å². The maximum absolute atomic E-state index is 11.6. The van der Waals surface area contributed by atoms with Crippen molar-refractivity contribution in [3.05, 3.63) is 0 Å². The third kappa shape index (κ3) is 2.72. The summed E-state index contributed by atoms with van der Waals surface area (Å²) in [6, 6.07) is -0.107. The van der Waals surface area contributed by atoms with E-state index in [2.05, 4.69) is 15.6 Å². The second-order valence-corrected chi connectivity index (χ2v) is 3.84. The molecule has 0 aromatic carbocycles. The molecule has 1 atom stereocenters. The summed E-state index contributed by atoms with van der Waals surface area (Å²) in [4.78, 5) is 15.8. The molecule has 80 valence electrons. The predicted molar refractivity (Wildman–Crippen MR) is 57.4 cm³/mol. The van der Waals surface area contributed by atoms with E-state index in [9.17, 15) is 4.79 Å². The van der Waals surface area contributed by atoms with E-state index in [-0.39, 0.29) is 11.8 Å². The van der Waals surface area contributed by atoms with E-state index in [1.807, 2.05) is 20.8 Å². The fourth-order valence-electron chi connectivity index (χ4n) is 1.48. The zero-order valence-corrected chi connectivity index (χ0v) is 9.13. The number of carbonyl (C=O) groups excluding carboxylic acids is 1.